The largest absolute Gasteiger partial charge is 0.465 e. The monoisotopic (exact) mass is 532 g/mol. The molecule has 0 saturated heterocycles. The van der Waals surface area contributed by atoms with Crippen LogP contribution in [0.25, 0.3) is 22.2 Å². The predicted molar refractivity (Wildman–Crippen MR) is 140 cm³/mol. The van der Waals surface area contributed by atoms with Crippen molar-refractivity contribution in [3.05, 3.63) is 59.7 Å². The van der Waals surface area contributed by atoms with E-state index in [1.807, 2.05) is 0 Å². The van der Waals surface area contributed by atoms with E-state index in [-0.39, 0.29) is 24.6 Å². The maximum Gasteiger partial charge on any atom is 0.408 e. The zero-order valence-corrected chi connectivity index (χ0v) is 22.7. The third-order valence-corrected chi connectivity index (χ3v) is 7.95. The van der Waals surface area contributed by atoms with Crippen molar-refractivity contribution in [2.45, 2.75) is 51.3 Å². The second-order valence-corrected chi connectivity index (χ2v) is 12.1. The second kappa shape index (κ2) is 10.6. The Labute approximate surface area is 216 Å². The number of aliphatic hydroxyl groups is 1. The number of carbonyl (C=O) groups is 1. The lowest BCUT2D eigenvalue weighted by molar-refractivity contribution is 0.108. The molecule has 0 aliphatic carbocycles. The molecule has 3 aromatic rings. The predicted octanol–water partition coefficient (Wildman–Crippen LogP) is 4.39. The third kappa shape index (κ3) is 5.84. The lowest BCUT2D eigenvalue weighted by Crippen LogP contribution is -2.45. The van der Waals surface area contributed by atoms with Gasteiger partial charge in [0.25, 0.3) is 0 Å². The van der Waals surface area contributed by atoms with E-state index < -0.39 is 27.5 Å². The number of aliphatic hydroxyl groups excluding tert-OH is 1. The normalized spacial score (nSPS) is 12.9. The van der Waals surface area contributed by atoms with Crippen LogP contribution in [0.5, 0.6) is 0 Å². The van der Waals surface area contributed by atoms with E-state index in [1.165, 1.54) is 26.2 Å². The van der Waals surface area contributed by atoms with Crippen LogP contribution < -0.4 is 0 Å². The summed E-state index contributed by atoms with van der Waals surface area (Å²) in [6, 6.07) is 9.83. The zero-order chi connectivity index (χ0) is 27.7. The molecule has 200 valence electrons. The molecule has 3 rings (SSSR count). The first-order valence-corrected chi connectivity index (χ1v) is 13.1. The fourth-order valence-electron chi connectivity index (χ4n) is 4.09. The molecule has 0 aliphatic heterocycles. The molecule has 0 bridgehead atoms. The van der Waals surface area contributed by atoms with Crippen LogP contribution in [0.2, 0.25) is 0 Å². The van der Waals surface area contributed by atoms with Crippen molar-refractivity contribution >= 4 is 27.1 Å². The van der Waals surface area contributed by atoms with Crippen molar-refractivity contribution in [2.24, 2.45) is 0 Å². The number of carboxylic acid groups (broad SMARTS) is 1. The summed E-state index contributed by atoms with van der Waals surface area (Å²) in [5.74, 6) is -0.530. The van der Waals surface area contributed by atoms with Gasteiger partial charge in [0, 0.05) is 37.4 Å². The SMILES string of the molecule is Cc1c(-c2cccc(S(=O)(=O)N(C)C)c2)c2nc(CO)ccc2n1CC(F)=CCN(C(=O)O)C(C)(C)C. The van der Waals surface area contributed by atoms with Crippen LogP contribution in [0, 0.1) is 6.92 Å². The van der Waals surface area contributed by atoms with Crippen LogP contribution in [0.15, 0.2) is 53.2 Å². The first kappa shape index (κ1) is 28.3. The summed E-state index contributed by atoms with van der Waals surface area (Å²) in [4.78, 5) is 17.4. The van der Waals surface area contributed by atoms with E-state index in [0.29, 0.717) is 33.5 Å². The first-order valence-electron chi connectivity index (χ1n) is 11.7. The summed E-state index contributed by atoms with van der Waals surface area (Å²) in [6.45, 7) is 6.41. The zero-order valence-electron chi connectivity index (χ0n) is 21.9. The van der Waals surface area contributed by atoms with Crippen LogP contribution >= 0.6 is 0 Å². The number of allylic oxidation sites excluding steroid dienone is 1. The van der Waals surface area contributed by atoms with E-state index in [1.54, 1.807) is 62.6 Å². The van der Waals surface area contributed by atoms with Crippen molar-refractivity contribution in [1.82, 2.24) is 18.8 Å². The number of fused-ring (bicyclic) bond motifs is 1. The van der Waals surface area contributed by atoms with Crippen molar-refractivity contribution in [2.75, 3.05) is 20.6 Å². The van der Waals surface area contributed by atoms with Gasteiger partial charge in [0.2, 0.25) is 10.0 Å². The summed E-state index contributed by atoms with van der Waals surface area (Å²) >= 11 is 0. The van der Waals surface area contributed by atoms with Crippen molar-refractivity contribution in [3.63, 3.8) is 0 Å². The standard InChI is InChI=1S/C26H33FN4O5S/c1-17-23(18-8-7-9-21(14-18)37(35,36)29(5)6)24-22(11-10-20(16-32)28-24)30(17)15-19(27)12-13-31(25(33)34)26(2,3)4/h7-12,14,32H,13,15-16H2,1-6H3,(H,33,34). The van der Waals surface area contributed by atoms with Crippen LogP contribution in [0.3, 0.4) is 0 Å². The second-order valence-electron chi connectivity index (χ2n) is 9.91. The Morgan fingerprint density at radius 1 is 1.19 bits per heavy atom. The van der Waals surface area contributed by atoms with Gasteiger partial charge in [0.15, 0.2) is 0 Å². The summed E-state index contributed by atoms with van der Waals surface area (Å²) in [6.07, 6.45) is 0.0964. The number of amides is 1. The molecule has 0 atom stereocenters. The van der Waals surface area contributed by atoms with Gasteiger partial charge in [0.1, 0.15) is 5.83 Å². The molecule has 2 heterocycles. The topological polar surface area (TPSA) is 116 Å². The van der Waals surface area contributed by atoms with Gasteiger partial charge in [-0.1, -0.05) is 12.1 Å². The van der Waals surface area contributed by atoms with Gasteiger partial charge in [-0.15, -0.1) is 0 Å². The van der Waals surface area contributed by atoms with Crippen LogP contribution in [-0.2, 0) is 23.2 Å². The maximum atomic E-state index is 15.2. The maximum absolute atomic E-state index is 15.2. The molecule has 0 fully saturated rings. The van der Waals surface area contributed by atoms with Gasteiger partial charge in [0.05, 0.1) is 34.8 Å². The number of benzene rings is 1. The molecule has 0 aliphatic rings. The summed E-state index contributed by atoms with van der Waals surface area (Å²) in [5.41, 5.74) is 2.66. The molecule has 2 aromatic heterocycles. The molecule has 37 heavy (non-hydrogen) atoms. The smallest absolute Gasteiger partial charge is 0.408 e. The number of pyridine rings is 1. The Bertz CT molecular complexity index is 1460. The Hall–Kier alpha value is -3.28. The van der Waals surface area contributed by atoms with Crippen molar-refractivity contribution in [3.8, 4) is 11.1 Å². The van der Waals surface area contributed by atoms with Crippen LogP contribution in [0.1, 0.15) is 32.2 Å². The first-order chi connectivity index (χ1) is 17.2. The van der Waals surface area contributed by atoms with Gasteiger partial charge >= 0.3 is 6.09 Å². The van der Waals surface area contributed by atoms with Gasteiger partial charge < -0.3 is 14.8 Å². The summed E-state index contributed by atoms with van der Waals surface area (Å²) < 4.78 is 43.4. The quantitative estimate of drug-likeness (QED) is 0.445. The number of hydrogen-bond acceptors (Lipinski definition) is 5. The third-order valence-electron chi connectivity index (χ3n) is 6.13. The number of hydrogen-bond donors (Lipinski definition) is 2. The highest BCUT2D eigenvalue weighted by atomic mass is 32.2. The molecule has 1 aromatic carbocycles. The lowest BCUT2D eigenvalue weighted by atomic mass is 10.1. The van der Waals surface area contributed by atoms with Crippen LogP contribution in [-0.4, -0.2) is 69.7 Å². The number of rotatable bonds is 8. The molecule has 0 saturated carbocycles. The van der Waals surface area contributed by atoms with Gasteiger partial charge in [-0.3, -0.25) is 4.90 Å². The van der Waals surface area contributed by atoms with E-state index in [4.69, 9.17) is 0 Å². The highest BCUT2D eigenvalue weighted by Crippen LogP contribution is 2.35. The average Bonchev–Trinajstić information content (AvgIpc) is 3.08. The van der Waals surface area contributed by atoms with Crippen LogP contribution in [0.4, 0.5) is 9.18 Å². The van der Waals surface area contributed by atoms with Crippen molar-refractivity contribution in [1.29, 1.82) is 0 Å². The minimum Gasteiger partial charge on any atom is -0.465 e. The average molecular weight is 533 g/mol. The van der Waals surface area contributed by atoms with E-state index in [9.17, 15) is 23.4 Å². The summed E-state index contributed by atoms with van der Waals surface area (Å²) in [7, 11) is -0.783. The fourth-order valence-corrected chi connectivity index (χ4v) is 5.03. The Morgan fingerprint density at radius 3 is 2.43 bits per heavy atom. The molecule has 2 N–H and O–H groups in total. The molecule has 9 nitrogen and oxygen atoms in total. The molecule has 0 unspecified atom stereocenters. The van der Waals surface area contributed by atoms with Gasteiger partial charge in [-0.2, -0.15) is 0 Å². The number of nitrogens with zero attached hydrogens (tertiary/aromatic N) is 4. The van der Waals surface area contributed by atoms with Gasteiger partial charge in [-0.05, 0) is 63.6 Å². The van der Waals surface area contributed by atoms with Crippen molar-refractivity contribution < 1.29 is 27.8 Å². The Morgan fingerprint density at radius 2 is 1.86 bits per heavy atom. The Balaban J connectivity index is 2.13. The fraction of sp³-hybridized carbons (Fsp3) is 0.385. The van der Waals surface area contributed by atoms with Gasteiger partial charge in [-0.25, -0.2) is 26.9 Å². The molecule has 0 radical (unpaired) electrons. The molecule has 0 spiro atoms. The Kier molecular flexibility index (Phi) is 8.11. The van der Waals surface area contributed by atoms with E-state index >= 15 is 4.39 Å². The van der Waals surface area contributed by atoms with E-state index in [2.05, 4.69) is 4.98 Å². The molecular formula is C26H33FN4O5S. The molecular weight excluding hydrogens is 499 g/mol. The highest BCUT2D eigenvalue weighted by Gasteiger charge is 2.26. The molecule has 11 heteroatoms. The molecule has 1 amide bonds. The number of aromatic nitrogens is 2. The highest BCUT2D eigenvalue weighted by molar-refractivity contribution is 7.89. The minimum absolute atomic E-state index is 0.107. The number of halogens is 1. The lowest BCUT2D eigenvalue weighted by Gasteiger charge is -2.32. The van der Waals surface area contributed by atoms with E-state index in [0.717, 1.165) is 9.21 Å². The number of sulfonamides is 1. The summed E-state index contributed by atoms with van der Waals surface area (Å²) in [5, 5.41) is 19.1. The minimum atomic E-state index is -3.69.